The summed E-state index contributed by atoms with van der Waals surface area (Å²) in [5.41, 5.74) is 2.78. The number of amides is 2. The quantitative estimate of drug-likeness (QED) is 0.219. The molecule has 2 aromatic heterocycles. The lowest BCUT2D eigenvalue weighted by Crippen LogP contribution is -2.28. The monoisotopic (exact) mass is 554 g/mol. The van der Waals surface area contributed by atoms with Crippen molar-refractivity contribution in [1.29, 1.82) is 0 Å². The number of hydrogen-bond donors (Lipinski definition) is 2. The molecule has 0 saturated carbocycles. The van der Waals surface area contributed by atoms with Crippen molar-refractivity contribution >= 4 is 28.4 Å². The Balaban J connectivity index is 1.33. The summed E-state index contributed by atoms with van der Waals surface area (Å²) < 4.78 is 38.9. The van der Waals surface area contributed by atoms with E-state index in [-0.39, 0.29) is 11.9 Å². The highest BCUT2D eigenvalue weighted by Crippen LogP contribution is 2.32. The van der Waals surface area contributed by atoms with Crippen molar-refractivity contribution in [2.75, 3.05) is 5.32 Å². The smallest absolute Gasteiger partial charge is 0.344 e. The van der Waals surface area contributed by atoms with Crippen molar-refractivity contribution in [1.82, 2.24) is 15.3 Å². The number of benzene rings is 3. The number of hydrogen-bond acceptors (Lipinski definition) is 4. The molecule has 5 rings (SSSR count). The van der Waals surface area contributed by atoms with E-state index in [1.807, 2.05) is 25.1 Å². The van der Waals surface area contributed by atoms with Crippen molar-refractivity contribution in [2.45, 2.75) is 25.6 Å². The van der Waals surface area contributed by atoms with Gasteiger partial charge < -0.3 is 10.6 Å². The first-order chi connectivity index (χ1) is 19.7. The predicted molar refractivity (Wildman–Crippen MR) is 151 cm³/mol. The second-order valence-corrected chi connectivity index (χ2v) is 9.40. The fourth-order valence-electron chi connectivity index (χ4n) is 4.50. The van der Waals surface area contributed by atoms with Gasteiger partial charge in [0.2, 0.25) is 0 Å². The van der Waals surface area contributed by atoms with Gasteiger partial charge in [-0.1, -0.05) is 49.4 Å². The predicted octanol–water partition coefficient (Wildman–Crippen LogP) is 7.45. The molecule has 2 N–H and O–H groups in total. The molecule has 41 heavy (non-hydrogen) atoms. The second-order valence-electron chi connectivity index (χ2n) is 9.40. The number of alkyl halides is 3. The lowest BCUT2D eigenvalue weighted by Gasteiger charge is -2.16. The van der Waals surface area contributed by atoms with Crippen LogP contribution >= 0.6 is 0 Å². The number of fused-ring (bicyclic) bond motifs is 1. The lowest BCUT2D eigenvalue weighted by molar-refractivity contribution is -0.137. The SMILES string of the molecule is CC[C@@H](NC(=O)c1cnc2cc(NC(=O)c3ccccc3-c3ccc(C(F)(F)F)cc3)ccc2c1)c1ccccn1. The molecule has 0 aliphatic carbocycles. The first kappa shape index (κ1) is 27.5. The molecule has 2 amide bonds. The van der Waals surface area contributed by atoms with Gasteiger partial charge in [0.25, 0.3) is 11.8 Å². The summed E-state index contributed by atoms with van der Waals surface area (Å²) >= 11 is 0. The maximum atomic E-state index is 13.2. The highest BCUT2D eigenvalue weighted by molar-refractivity contribution is 6.09. The first-order valence-electron chi connectivity index (χ1n) is 12.9. The van der Waals surface area contributed by atoms with Gasteiger partial charge in [0.05, 0.1) is 28.4 Å². The molecule has 0 unspecified atom stereocenters. The van der Waals surface area contributed by atoms with Crippen molar-refractivity contribution in [3.8, 4) is 11.1 Å². The second kappa shape index (κ2) is 11.6. The topological polar surface area (TPSA) is 84.0 Å². The van der Waals surface area contributed by atoms with E-state index < -0.39 is 17.6 Å². The van der Waals surface area contributed by atoms with Gasteiger partial charge in [0.1, 0.15) is 0 Å². The maximum Gasteiger partial charge on any atom is 0.416 e. The minimum absolute atomic E-state index is 0.234. The summed E-state index contributed by atoms with van der Waals surface area (Å²) in [6.45, 7) is 1.97. The molecule has 0 saturated heterocycles. The molecule has 0 radical (unpaired) electrons. The summed E-state index contributed by atoms with van der Waals surface area (Å²) in [4.78, 5) is 34.9. The summed E-state index contributed by atoms with van der Waals surface area (Å²) in [6, 6.07) is 23.6. The highest BCUT2D eigenvalue weighted by atomic mass is 19.4. The Hall–Kier alpha value is -5.05. The minimum atomic E-state index is -4.44. The molecule has 5 aromatic rings. The Morgan fingerprint density at radius 1 is 0.854 bits per heavy atom. The van der Waals surface area contributed by atoms with E-state index in [0.717, 1.165) is 17.8 Å². The fraction of sp³-hybridized carbons (Fsp3) is 0.125. The molecule has 206 valence electrons. The van der Waals surface area contributed by atoms with E-state index in [1.54, 1.807) is 54.7 Å². The zero-order valence-corrected chi connectivity index (χ0v) is 21.9. The fourth-order valence-corrected chi connectivity index (χ4v) is 4.50. The van der Waals surface area contributed by atoms with E-state index in [0.29, 0.717) is 45.3 Å². The van der Waals surface area contributed by atoms with Crippen LogP contribution in [0.1, 0.15) is 51.4 Å². The molecular weight excluding hydrogens is 529 g/mol. The number of halogens is 3. The Morgan fingerprint density at radius 3 is 2.32 bits per heavy atom. The molecule has 1 atom stereocenters. The van der Waals surface area contributed by atoms with Crippen molar-refractivity contribution < 1.29 is 22.8 Å². The molecule has 0 bridgehead atoms. The van der Waals surface area contributed by atoms with Gasteiger partial charge in [0, 0.05) is 29.0 Å². The normalized spacial score (nSPS) is 12.1. The van der Waals surface area contributed by atoms with Crippen LogP contribution in [0.4, 0.5) is 18.9 Å². The van der Waals surface area contributed by atoms with Crippen molar-refractivity contribution in [3.05, 3.63) is 126 Å². The number of nitrogens with one attached hydrogen (secondary N) is 2. The summed E-state index contributed by atoms with van der Waals surface area (Å²) in [7, 11) is 0. The van der Waals surface area contributed by atoms with E-state index in [4.69, 9.17) is 0 Å². The summed E-state index contributed by atoms with van der Waals surface area (Å²) in [5, 5.41) is 6.55. The highest BCUT2D eigenvalue weighted by Gasteiger charge is 2.30. The molecular formula is C32H25F3N4O2. The Morgan fingerprint density at radius 2 is 1.61 bits per heavy atom. The third-order valence-corrected chi connectivity index (χ3v) is 6.66. The van der Waals surface area contributed by atoms with Crippen LogP contribution in [0.15, 0.2) is 103 Å². The van der Waals surface area contributed by atoms with Gasteiger partial charge in [-0.2, -0.15) is 13.2 Å². The summed E-state index contributed by atoms with van der Waals surface area (Å²) in [5.74, 6) is -0.690. The van der Waals surface area contributed by atoms with Crippen LogP contribution in [0.25, 0.3) is 22.0 Å². The van der Waals surface area contributed by atoms with Gasteiger partial charge in [-0.25, -0.2) is 0 Å². The zero-order chi connectivity index (χ0) is 29.0. The van der Waals surface area contributed by atoms with Crippen molar-refractivity contribution in [3.63, 3.8) is 0 Å². The van der Waals surface area contributed by atoms with Crippen LogP contribution in [0.3, 0.4) is 0 Å². The van der Waals surface area contributed by atoms with Gasteiger partial charge >= 0.3 is 6.18 Å². The molecule has 0 spiro atoms. The standard InChI is InChI=1S/C32H25F3N4O2/c1-2-27(28-9-5-6-16-36-28)39-30(40)22-17-21-12-15-24(18-29(21)37-19-22)38-31(41)26-8-4-3-7-25(26)20-10-13-23(14-11-20)32(33,34)35/h3-19,27H,2H2,1H3,(H,38,41)(H,39,40)/t27-/m1/s1. The number of nitrogens with zero attached hydrogens (tertiary/aromatic N) is 2. The molecule has 2 heterocycles. The number of rotatable bonds is 7. The molecule has 0 fully saturated rings. The van der Waals surface area contributed by atoms with E-state index >= 15 is 0 Å². The summed E-state index contributed by atoms with van der Waals surface area (Å²) in [6.07, 6.45) is -0.601. The number of carbonyl (C=O) groups is 2. The maximum absolute atomic E-state index is 13.2. The van der Waals surface area contributed by atoms with Crippen LogP contribution < -0.4 is 10.6 Å². The Labute approximate surface area is 234 Å². The van der Waals surface area contributed by atoms with Crippen LogP contribution in [0.2, 0.25) is 0 Å². The third kappa shape index (κ3) is 6.24. The van der Waals surface area contributed by atoms with Gasteiger partial charge in [-0.05, 0) is 66.1 Å². The van der Waals surface area contributed by atoms with Crippen LogP contribution in [0.5, 0.6) is 0 Å². The molecule has 0 aliphatic heterocycles. The number of aromatic nitrogens is 2. The molecule has 3 aromatic carbocycles. The lowest BCUT2D eigenvalue weighted by atomic mass is 9.98. The van der Waals surface area contributed by atoms with Crippen molar-refractivity contribution in [2.24, 2.45) is 0 Å². The van der Waals surface area contributed by atoms with Crippen LogP contribution in [0, 0.1) is 0 Å². The number of carbonyl (C=O) groups excluding carboxylic acids is 2. The largest absolute Gasteiger partial charge is 0.416 e. The number of pyridine rings is 2. The molecule has 9 heteroatoms. The van der Waals surface area contributed by atoms with Gasteiger partial charge in [-0.15, -0.1) is 0 Å². The molecule has 0 aliphatic rings. The van der Waals surface area contributed by atoms with Crippen LogP contribution in [-0.4, -0.2) is 21.8 Å². The Kier molecular flexibility index (Phi) is 7.78. The molecule has 6 nitrogen and oxygen atoms in total. The van der Waals surface area contributed by atoms with Gasteiger partial charge in [-0.3, -0.25) is 19.6 Å². The van der Waals surface area contributed by atoms with E-state index in [1.165, 1.54) is 18.3 Å². The number of anilines is 1. The average Bonchev–Trinajstić information content (AvgIpc) is 2.99. The zero-order valence-electron chi connectivity index (χ0n) is 21.9. The van der Waals surface area contributed by atoms with Gasteiger partial charge in [0.15, 0.2) is 0 Å². The first-order valence-corrected chi connectivity index (χ1v) is 12.9. The third-order valence-electron chi connectivity index (χ3n) is 6.66. The Bertz CT molecular complexity index is 1700. The van der Waals surface area contributed by atoms with Crippen LogP contribution in [-0.2, 0) is 6.18 Å². The van der Waals surface area contributed by atoms with E-state index in [9.17, 15) is 22.8 Å². The van der Waals surface area contributed by atoms with E-state index in [2.05, 4.69) is 20.6 Å². The average molecular weight is 555 g/mol. The minimum Gasteiger partial charge on any atom is -0.344 e.